The summed E-state index contributed by atoms with van der Waals surface area (Å²) in [6, 6.07) is 1.11. The van der Waals surface area contributed by atoms with Gasteiger partial charge in [0.2, 0.25) is 5.69 Å². The Labute approximate surface area is 89.0 Å². The number of aromatic nitrogens is 1. The normalized spacial score (nSPS) is 10.7. The molecule has 0 unspecified atom stereocenters. The Hall–Kier alpha value is -1.30. The number of pyridine rings is 1. The highest BCUT2D eigenvalue weighted by molar-refractivity contribution is 6.17. The van der Waals surface area contributed by atoms with E-state index in [1.54, 1.807) is 0 Å². The molecule has 1 aromatic rings. The van der Waals surface area contributed by atoms with E-state index in [0.717, 1.165) is 6.07 Å². The summed E-state index contributed by atoms with van der Waals surface area (Å²) in [4.78, 5) is 12.9. The van der Waals surface area contributed by atoms with Crippen molar-refractivity contribution in [1.29, 1.82) is 0 Å². The van der Waals surface area contributed by atoms with Crippen LogP contribution in [0.15, 0.2) is 6.07 Å². The second-order valence-corrected chi connectivity index (χ2v) is 3.11. The molecule has 0 saturated heterocycles. The summed E-state index contributed by atoms with van der Waals surface area (Å²) in [5.74, 6) is -0.666. The molecule has 0 atom stereocenters. The molecule has 4 nitrogen and oxygen atoms in total. The average molecular weight is 237 g/mol. The molecule has 0 N–H and O–H groups in total. The van der Waals surface area contributed by atoms with E-state index < -0.39 is 22.9 Å². The van der Waals surface area contributed by atoms with Crippen LogP contribution in [-0.2, 0) is 5.88 Å². The van der Waals surface area contributed by atoms with E-state index in [1.165, 1.54) is 6.92 Å². The second-order valence-electron chi connectivity index (χ2n) is 2.84. The smallest absolute Gasteiger partial charge is 0.358 e. The fourth-order valence-electron chi connectivity index (χ4n) is 1.11. The molecule has 0 fully saturated rings. The first-order valence-electron chi connectivity index (χ1n) is 3.96. The first-order chi connectivity index (χ1) is 6.97. The van der Waals surface area contributed by atoms with Crippen molar-refractivity contribution < 1.29 is 13.7 Å². The zero-order valence-corrected chi connectivity index (χ0v) is 8.46. The van der Waals surface area contributed by atoms with Crippen molar-refractivity contribution in [2.45, 2.75) is 19.2 Å². The van der Waals surface area contributed by atoms with E-state index in [4.69, 9.17) is 11.6 Å². The topological polar surface area (TPSA) is 56.0 Å². The lowest BCUT2D eigenvalue weighted by Gasteiger charge is -2.04. The molecular weight excluding hydrogens is 230 g/mol. The molecule has 1 heterocycles. The van der Waals surface area contributed by atoms with Gasteiger partial charge < -0.3 is 10.1 Å². The van der Waals surface area contributed by atoms with Crippen molar-refractivity contribution in [3.05, 3.63) is 33.0 Å². The lowest BCUT2D eigenvalue weighted by Crippen LogP contribution is -2.03. The molecule has 0 aliphatic carbocycles. The third-order valence-electron chi connectivity index (χ3n) is 1.94. The number of alkyl halides is 3. The van der Waals surface area contributed by atoms with Crippen molar-refractivity contribution >= 4 is 17.4 Å². The number of hydrogen-bond acceptors (Lipinski definition) is 3. The van der Waals surface area contributed by atoms with Crippen LogP contribution in [-0.4, -0.2) is 9.91 Å². The van der Waals surface area contributed by atoms with Crippen molar-refractivity contribution in [1.82, 2.24) is 4.98 Å². The van der Waals surface area contributed by atoms with Gasteiger partial charge in [0.1, 0.15) is 0 Å². The van der Waals surface area contributed by atoms with Crippen LogP contribution >= 0.6 is 11.6 Å². The van der Waals surface area contributed by atoms with Gasteiger partial charge in [-0.3, -0.25) is 0 Å². The van der Waals surface area contributed by atoms with Gasteiger partial charge in [0.25, 0.3) is 0 Å². The quantitative estimate of drug-likeness (QED) is 0.461. The maximum Gasteiger partial charge on any atom is 0.364 e. The van der Waals surface area contributed by atoms with Crippen LogP contribution in [0.3, 0.4) is 0 Å². The minimum absolute atomic E-state index is 0.0606. The molecule has 0 aliphatic heterocycles. The monoisotopic (exact) mass is 236 g/mol. The number of rotatable bonds is 3. The van der Waals surface area contributed by atoms with Gasteiger partial charge in [0.05, 0.1) is 0 Å². The highest BCUT2D eigenvalue weighted by Gasteiger charge is 2.24. The third-order valence-corrected chi connectivity index (χ3v) is 2.23. The zero-order valence-electron chi connectivity index (χ0n) is 7.71. The number of halogens is 3. The Balaban J connectivity index is 3.38. The van der Waals surface area contributed by atoms with Gasteiger partial charge in [-0.15, -0.1) is 11.6 Å². The van der Waals surface area contributed by atoms with Gasteiger partial charge in [-0.05, 0) is 22.4 Å². The number of hydrogen-bond donors (Lipinski definition) is 0. The van der Waals surface area contributed by atoms with Gasteiger partial charge in [-0.1, -0.05) is 0 Å². The molecule has 0 radical (unpaired) electrons. The first-order valence-corrected chi connectivity index (χ1v) is 4.49. The predicted octanol–water partition coefficient (Wildman–Crippen LogP) is 2.97. The van der Waals surface area contributed by atoms with Crippen molar-refractivity contribution in [3.8, 4) is 0 Å². The lowest BCUT2D eigenvalue weighted by atomic mass is 10.1. The molecular formula is C8H7ClF2N2O2. The molecule has 1 rings (SSSR count). The highest BCUT2D eigenvalue weighted by atomic mass is 35.5. The van der Waals surface area contributed by atoms with Gasteiger partial charge in [-0.2, -0.15) is 0 Å². The third kappa shape index (κ3) is 2.38. The Bertz CT molecular complexity index is 398. The molecule has 0 bridgehead atoms. The Kier molecular flexibility index (Phi) is 3.52. The summed E-state index contributed by atoms with van der Waals surface area (Å²) in [6.07, 6.45) is -2.84. The summed E-state index contributed by atoms with van der Waals surface area (Å²) < 4.78 is 24.9. The van der Waals surface area contributed by atoms with Gasteiger partial charge in [0, 0.05) is 17.5 Å². The minimum Gasteiger partial charge on any atom is -0.358 e. The standard InChI is InChI=1S/C8H7ClF2N2O2/c1-4-5(3-9)2-6(13(14)15)12-7(4)8(10)11/h2,8H,3H2,1H3. The molecule has 1 aromatic heterocycles. The van der Waals surface area contributed by atoms with E-state index >= 15 is 0 Å². The van der Waals surface area contributed by atoms with Crippen LogP contribution in [0.2, 0.25) is 0 Å². The summed E-state index contributed by atoms with van der Waals surface area (Å²) >= 11 is 5.49. The molecule has 15 heavy (non-hydrogen) atoms. The van der Waals surface area contributed by atoms with Crippen LogP contribution in [0.1, 0.15) is 23.2 Å². The van der Waals surface area contributed by atoms with Gasteiger partial charge in [0.15, 0.2) is 0 Å². The van der Waals surface area contributed by atoms with Crippen molar-refractivity contribution in [2.75, 3.05) is 0 Å². The van der Waals surface area contributed by atoms with E-state index in [1.807, 2.05) is 0 Å². The van der Waals surface area contributed by atoms with E-state index in [9.17, 15) is 18.9 Å². The summed E-state index contributed by atoms with van der Waals surface area (Å²) in [7, 11) is 0. The fourth-order valence-corrected chi connectivity index (χ4v) is 1.39. The molecule has 0 aromatic carbocycles. The summed E-state index contributed by atoms with van der Waals surface area (Å²) in [5, 5.41) is 10.4. The lowest BCUT2D eigenvalue weighted by molar-refractivity contribution is -0.389. The SMILES string of the molecule is Cc1c(CCl)cc([N+](=O)[O-])nc1C(F)F. The van der Waals surface area contributed by atoms with Crippen LogP contribution < -0.4 is 0 Å². The minimum atomic E-state index is -2.84. The summed E-state index contributed by atoms with van der Waals surface area (Å²) in [6.45, 7) is 1.41. The molecule has 7 heteroatoms. The van der Waals surface area contributed by atoms with Gasteiger partial charge in [-0.25, -0.2) is 8.78 Å². The Morgan fingerprint density at radius 1 is 1.67 bits per heavy atom. The van der Waals surface area contributed by atoms with E-state index in [-0.39, 0.29) is 11.4 Å². The molecule has 0 amide bonds. The van der Waals surface area contributed by atoms with Crippen LogP contribution in [0.5, 0.6) is 0 Å². The Morgan fingerprint density at radius 2 is 2.27 bits per heavy atom. The average Bonchev–Trinajstić information content (AvgIpc) is 2.17. The van der Waals surface area contributed by atoms with Crippen molar-refractivity contribution in [2.24, 2.45) is 0 Å². The maximum atomic E-state index is 12.5. The first kappa shape index (κ1) is 11.8. The summed E-state index contributed by atoms with van der Waals surface area (Å²) in [5.41, 5.74) is -0.0842. The van der Waals surface area contributed by atoms with Gasteiger partial charge >= 0.3 is 12.2 Å². The molecule has 0 aliphatic rings. The van der Waals surface area contributed by atoms with Crippen LogP contribution in [0.4, 0.5) is 14.6 Å². The maximum absolute atomic E-state index is 12.5. The van der Waals surface area contributed by atoms with Crippen molar-refractivity contribution in [3.63, 3.8) is 0 Å². The highest BCUT2D eigenvalue weighted by Crippen LogP contribution is 2.27. The van der Waals surface area contributed by atoms with E-state index in [0.29, 0.717) is 5.56 Å². The molecule has 0 spiro atoms. The number of nitrogens with zero attached hydrogens (tertiary/aromatic N) is 2. The molecule has 0 saturated carbocycles. The fraction of sp³-hybridized carbons (Fsp3) is 0.375. The predicted molar refractivity (Wildman–Crippen MR) is 50.1 cm³/mol. The van der Waals surface area contributed by atoms with Crippen LogP contribution in [0, 0.1) is 17.0 Å². The molecule has 82 valence electrons. The Morgan fingerprint density at radius 3 is 2.67 bits per heavy atom. The number of nitro groups is 1. The van der Waals surface area contributed by atoms with E-state index in [2.05, 4.69) is 4.98 Å². The second kappa shape index (κ2) is 4.48. The largest absolute Gasteiger partial charge is 0.364 e. The zero-order chi connectivity index (χ0) is 11.6. The van der Waals surface area contributed by atoms with Crippen LogP contribution in [0.25, 0.3) is 0 Å².